The van der Waals surface area contributed by atoms with E-state index >= 15 is 0 Å². The van der Waals surface area contributed by atoms with Gasteiger partial charge in [-0.3, -0.25) is 0 Å². The minimum atomic E-state index is -3.85. The second-order valence-electron chi connectivity index (χ2n) is 4.80. The fourth-order valence-corrected chi connectivity index (χ4v) is 2.72. The standard InChI is InChI=1S/C14H21NO4S/c1-4-5-6-7-19-14(16)12-8-10(2)11(3)13(9-12)20(15,17)18/h8-9H,4-7H2,1-3H3,(H2,15,17,18). The van der Waals surface area contributed by atoms with Crippen molar-refractivity contribution in [1.29, 1.82) is 0 Å². The fourth-order valence-electron chi connectivity index (χ4n) is 1.84. The number of carbonyl (C=O) groups is 1. The highest BCUT2D eigenvalue weighted by Crippen LogP contribution is 2.20. The molecule has 5 nitrogen and oxygen atoms in total. The predicted molar refractivity (Wildman–Crippen MR) is 77.1 cm³/mol. The Hall–Kier alpha value is -1.40. The lowest BCUT2D eigenvalue weighted by Gasteiger charge is -2.10. The highest BCUT2D eigenvalue weighted by atomic mass is 32.2. The topological polar surface area (TPSA) is 86.5 Å². The summed E-state index contributed by atoms with van der Waals surface area (Å²) in [6.45, 7) is 5.79. The summed E-state index contributed by atoms with van der Waals surface area (Å²) < 4.78 is 28.1. The molecule has 0 aromatic heterocycles. The van der Waals surface area contributed by atoms with Crippen molar-refractivity contribution in [2.45, 2.75) is 44.9 Å². The zero-order chi connectivity index (χ0) is 15.3. The van der Waals surface area contributed by atoms with Crippen molar-refractivity contribution in [3.8, 4) is 0 Å². The van der Waals surface area contributed by atoms with E-state index in [1.165, 1.54) is 6.07 Å². The molecule has 1 aromatic rings. The number of nitrogens with two attached hydrogens (primary N) is 1. The number of esters is 1. The van der Waals surface area contributed by atoms with E-state index in [-0.39, 0.29) is 10.5 Å². The smallest absolute Gasteiger partial charge is 0.338 e. The zero-order valence-electron chi connectivity index (χ0n) is 12.1. The van der Waals surface area contributed by atoms with Crippen LogP contribution < -0.4 is 5.14 Å². The van der Waals surface area contributed by atoms with Gasteiger partial charge in [-0.2, -0.15) is 0 Å². The normalized spacial score (nSPS) is 11.4. The Morgan fingerprint density at radius 3 is 2.45 bits per heavy atom. The number of carbonyl (C=O) groups excluding carboxylic acids is 1. The molecular weight excluding hydrogens is 278 g/mol. The average Bonchev–Trinajstić information content (AvgIpc) is 2.36. The van der Waals surface area contributed by atoms with E-state index in [4.69, 9.17) is 9.88 Å². The third kappa shape index (κ3) is 4.31. The third-order valence-electron chi connectivity index (χ3n) is 3.14. The molecule has 0 unspecified atom stereocenters. The van der Waals surface area contributed by atoms with Crippen molar-refractivity contribution in [2.75, 3.05) is 6.61 Å². The van der Waals surface area contributed by atoms with Gasteiger partial charge in [0.15, 0.2) is 0 Å². The summed E-state index contributed by atoms with van der Waals surface area (Å²) in [5.41, 5.74) is 1.46. The van der Waals surface area contributed by atoms with Crippen molar-refractivity contribution in [3.63, 3.8) is 0 Å². The molecule has 0 bridgehead atoms. The Labute approximate surface area is 120 Å². The monoisotopic (exact) mass is 299 g/mol. The molecule has 0 spiro atoms. The van der Waals surface area contributed by atoms with Gasteiger partial charge in [0.05, 0.1) is 17.1 Å². The lowest BCUT2D eigenvalue weighted by Crippen LogP contribution is -2.16. The van der Waals surface area contributed by atoms with Crippen LogP contribution >= 0.6 is 0 Å². The Bertz CT molecular complexity index is 593. The Morgan fingerprint density at radius 1 is 1.25 bits per heavy atom. The van der Waals surface area contributed by atoms with Crippen LogP contribution in [0, 0.1) is 13.8 Å². The second-order valence-corrected chi connectivity index (χ2v) is 6.33. The minimum absolute atomic E-state index is 0.0296. The number of unbranched alkanes of at least 4 members (excludes halogenated alkanes) is 2. The van der Waals surface area contributed by atoms with Crippen molar-refractivity contribution >= 4 is 16.0 Å². The Morgan fingerprint density at radius 2 is 1.90 bits per heavy atom. The molecule has 1 aromatic carbocycles. The first-order chi connectivity index (χ1) is 9.27. The number of benzene rings is 1. The molecule has 0 saturated carbocycles. The molecule has 0 saturated heterocycles. The van der Waals surface area contributed by atoms with Gasteiger partial charge in [0.1, 0.15) is 0 Å². The lowest BCUT2D eigenvalue weighted by molar-refractivity contribution is 0.0497. The molecule has 0 radical (unpaired) electrons. The van der Waals surface area contributed by atoms with Crippen LogP contribution in [-0.2, 0) is 14.8 Å². The molecule has 0 fully saturated rings. The molecule has 0 atom stereocenters. The number of sulfonamides is 1. The first kappa shape index (κ1) is 16.7. The van der Waals surface area contributed by atoms with Gasteiger partial charge in [-0.1, -0.05) is 19.8 Å². The molecule has 0 aliphatic carbocycles. The molecule has 20 heavy (non-hydrogen) atoms. The maximum atomic E-state index is 11.9. The summed E-state index contributed by atoms with van der Waals surface area (Å²) in [5, 5.41) is 5.16. The molecule has 6 heteroatoms. The second kappa shape index (κ2) is 6.85. The Balaban J connectivity index is 2.97. The van der Waals surface area contributed by atoms with E-state index < -0.39 is 16.0 Å². The maximum Gasteiger partial charge on any atom is 0.338 e. The molecule has 112 valence electrons. The van der Waals surface area contributed by atoms with E-state index in [9.17, 15) is 13.2 Å². The SMILES string of the molecule is CCCCCOC(=O)c1cc(C)c(C)c(S(N)(=O)=O)c1. The number of rotatable bonds is 6. The van der Waals surface area contributed by atoms with Gasteiger partial charge in [-0.05, 0) is 43.5 Å². The summed E-state index contributed by atoms with van der Waals surface area (Å²) in [6.07, 6.45) is 2.83. The lowest BCUT2D eigenvalue weighted by atomic mass is 10.1. The van der Waals surface area contributed by atoms with Crippen LogP contribution in [0.5, 0.6) is 0 Å². The molecule has 0 heterocycles. The number of primary sulfonamides is 1. The number of aryl methyl sites for hydroxylation is 1. The number of hydrogen-bond acceptors (Lipinski definition) is 4. The van der Waals surface area contributed by atoms with Gasteiger partial charge in [0.25, 0.3) is 0 Å². The van der Waals surface area contributed by atoms with E-state index in [0.717, 1.165) is 19.3 Å². The first-order valence-corrected chi connectivity index (χ1v) is 8.13. The van der Waals surface area contributed by atoms with Gasteiger partial charge in [-0.25, -0.2) is 18.4 Å². The van der Waals surface area contributed by atoms with Crippen LogP contribution in [0.1, 0.15) is 47.7 Å². The van der Waals surface area contributed by atoms with E-state index in [0.29, 0.717) is 17.7 Å². The Kier molecular flexibility index (Phi) is 5.71. The summed E-state index contributed by atoms with van der Waals surface area (Å²) in [5.74, 6) is -0.519. The molecule has 1 rings (SSSR count). The maximum absolute atomic E-state index is 11.9. The van der Waals surface area contributed by atoms with Crippen LogP contribution in [0.25, 0.3) is 0 Å². The van der Waals surface area contributed by atoms with Crippen molar-refractivity contribution in [2.24, 2.45) is 5.14 Å². The van der Waals surface area contributed by atoms with Crippen molar-refractivity contribution < 1.29 is 17.9 Å². The van der Waals surface area contributed by atoms with Crippen LogP contribution in [0.4, 0.5) is 0 Å². The van der Waals surface area contributed by atoms with E-state index in [1.807, 2.05) is 0 Å². The summed E-state index contributed by atoms with van der Waals surface area (Å²) in [4.78, 5) is 11.9. The van der Waals surface area contributed by atoms with Gasteiger partial charge in [0, 0.05) is 0 Å². The average molecular weight is 299 g/mol. The van der Waals surface area contributed by atoms with Gasteiger partial charge < -0.3 is 4.74 Å². The molecule has 0 amide bonds. The molecule has 0 aliphatic heterocycles. The predicted octanol–water partition coefficient (Wildman–Crippen LogP) is 2.30. The van der Waals surface area contributed by atoms with Crippen LogP contribution in [0.2, 0.25) is 0 Å². The number of hydrogen-bond donors (Lipinski definition) is 1. The van der Waals surface area contributed by atoms with Gasteiger partial charge >= 0.3 is 5.97 Å². The minimum Gasteiger partial charge on any atom is -0.462 e. The zero-order valence-corrected chi connectivity index (χ0v) is 12.9. The fraction of sp³-hybridized carbons (Fsp3) is 0.500. The first-order valence-electron chi connectivity index (χ1n) is 6.58. The molecular formula is C14H21NO4S. The third-order valence-corrected chi connectivity index (χ3v) is 4.18. The van der Waals surface area contributed by atoms with E-state index in [2.05, 4.69) is 6.92 Å². The quantitative estimate of drug-likeness (QED) is 0.645. The summed E-state index contributed by atoms with van der Waals surface area (Å²) >= 11 is 0. The summed E-state index contributed by atoms with van der Waals surface area (Å²) in [6, 6.07) is 2.89. The van der Waals surface area contributed by atoms with Crippen LogP contribution in [0.15, 0.2) is 17.0 Å². The molecule has 2 N–H and O–H groups in total. The van der Waals surface area contributed by atoms with Crippen molar-refractivity contribution in [3.05, 3.63) is 28.8 Å². The largest absolute Gasteiger partial charge is 0.462 e. The number of ether oxygens (including phenoxy) is 1. The highest BCUT2D eigenvalue weighted by molar-refractivity contribution is 7.89. The molecule has 0 aliphatic rings. The van der Waals surface area contributed by atoms with Gasteiger partial charge in [0.2, 0.25) is 10.0 Å². The van der Waals surface area contributed by atoms with Crippen LogP contribution in [-0.4, -0.2) is 21.0 Å². The summed E-state index contributed by atoms with van der Waals surface area (Å²) in [7, 11) is -3.85. The van der Waals surface area contributed by atoms with Crippen LogP contribution in [0.3, 0.4) is 0 Å². The van der Waals surface area contributed by atoms with Crippen molar-refractivity contribution in [1.82, 2.24) is 0 Å². The van der Waals surface area contributed by atoms with E-state index in [1.54, 1.807) is 19.9 Å². The van der Waals surface area contributed by atoms with Gasteiger partial charge in [-0.15, -0.1) is 0 Å². The highest BCUT2D eigenvalue weighted by Gasteiger charge is 2.18.